The van der Waals surface area contributed by atoms with Crippen molar-refractivity contribution in [3.05, 3.63) is 35.9 Å². The summed E-state index contributed by atoms with van der Waals surface area (Å²) in [6.07, 6.45) is 7.32. The first kappa shape index (κ1) is 14.7. The van der Waals surface area contributed by atoms with Crippen LogP contribution in [0.25, 0.3) is 0 Å². The Morgan fingerprint density at radius 3 is 2.56 bits per heavy atom. The molecule has 1 amide bonds. The Morgan fingerprint density at radius 1 is 1.06 bits per heavy atom. The average molecular weight is 247 g/mol. The third kappa shape index (κ3) is 7.10. The monoisotopic (exact) mass is 247 g/mol. The number of benzene rings is 1. The first-order valence-corrected chi connectivity index (χ1v) is 7.13. The van der Waals surface area contributed by atoms with E-state index in [0.717, 1.165) is 32.2 Å². The lowest BCUT2D eigenvalue weighted by Gasteiger charge is -2.04. The quantitative estimate of drug-likeness (QED) is 0.662. The summed E-state index contributed by atoms with van der Waals surface area (Å²) in [5.41, 5.74) is 1.36. The summed E-state index contributed by atoms with van der Waals surface area (Å²) < 4.78 is 0. The first-order chi connectivity index (χ1) is 8.83. The lowest BCUT2D eigenvalue weighted by molar-refractivity contribution is -0.121. The van der Waals surface area contributed by atoms with Gasteiger partial charge in [0.25, 0.3) is 0 Å². The molecule has 1 N–H and O–H groups in total. The van der Waals surface area contributed by atoms with Crippen LogP contribution in [0.4, 0.5) is 0 Å². The maximum Gasteiger partial charge on any atom is 0.219 e. The summed E-state index contributed by atoms with van der Waals surface area (Å²) in [5.74, 6) is 0.208. The molecular formula is C16H25NO. The summed E-state index contributed by atoms with van der Waals surface area (Å²) in [7, 11) is 0. The molecule has 2 heteroatoms. The molecule has 0 saturated carbocycles. The summed E-state index contributed by atoms with van der Waals surface area (Å²) in [5, 5.41) is 2.98. The standard InChI is InChI=1S/C16H25NO/c1-2-3-9-14-17-16(18)13-8-7-12-15-10-5-4-6-11-15/h4-6,10-11H,2-3,7-9,12-14H2,1H3,(H,17,18). The van der Waals surface area contributed by atoms with Gasteiger partial charge in [-0.25, -0.2) is 0 Å². The maximum atomic E-state index is 11.5. The summed E-state index contributed by atoms with van der Waals surface area (Å²) in [6.45, 7) is 3.01. The van der Waals surface area contributed by atoms with Gasteiger partial charge in [0.05, 0.1) is 0 Å². The van der Waals surface area contributed by atoms with Crippen LogP contribution in [-0.4, -0.2) is 12.5 Å². The van der Waals surface area contributed by atoms with E-state index in [-0.39, 0.29) is 5.91 Å². The molecule has 0 heterocycles. The van der Waals surface area contributed by atoms with Gasteiger partial charge >= 0.3 is 0 Å². The summed E-state index contributed by atoms with van der Waals surface area (Å²) >= 11 is 0. The molecule has 0 atom stereocenters. The Balaban J connectivity index is 1.99. The zero-order chi connectivity index (χ0) is 13.1. The second-order valence-electron chi connectivity index (χ2n) is 4.75. The van der Waals surface area contributed by atoms with Crippen LogP contribution >= 0.6 is 0 Å². The lowest BCUT2D eigenvalue weighted by atomic mass is 10.1. The highest BCUT2D eigenvalue weighted by molar-refractivity contribution is 5.75. The Morgan fingerprint density at radius 2 is 1.83 bits per heavy atom. The Hall–Kier alpha value is -1.31. The maximum absolute atomic E-state index is 11.5. The zero-order valence-corrected chi connectivity index (χ0v) is 11.5. The van der Waals surface area contributed by atoms with Crippen molar-refractivity contribution in [1.82, 2.24) is 5.32 Å². The van der Waals surface area contributed by atoms with Crippen molar-refractivity contribution in [2.75, 3.05) is 6.54 Å². The normalized spacial score (nSPS) is 10.3. The van der Waals surface area contributed by atoms with Crippen LogP contribution in [0.1, 0.15) is 51.0 Å². The number of hydrogen-bond donors (Lipinski definition) is 1. The molecule has 0 aliphatic rings. The number of aryl methyl sites for hydroxylation is 1. The molecule has 0 spiro atoms. The van der Waals surface area contributed by atoms with Crippen molar-refractivity contribution in [3.8, 4) is 0 Å². The minimum Gasteiger partial charge on any atom is -0.356 e. The SMILES string of the molecule is CCCCCNC(=O)CCCCc1ccccc1. The van der Waals surface area contributed by atoms with Crippen molar-refractivity contribution >= 4 is 5.91 Å². The van der Waals surface area contributed by atoms with Crippen molar-refractivity contribution in [2.24, 2.45) is 0 Å². The molecule has 18 heavy (non-hydrogen) atoms. The van der Waals surface area contributed by atoms with Crippen molar-refractivity contribution < 1.29 is 4.79 Å². The van der Waals surface area contributed by atoms with Crippen LogP contribution in [-0.2, 0) is 11.2 Å². The predicted octanol–water partition coefficient (Wildman–Crippen LogP) is 3.71. The fourth-order valence-electron chi connectivity index (χ4n) is 1.95. The molecule has 0 bridgehead atoms. The summed E-state index contributed by atoms with van der Waals surface area (Å²) in [4.78, 5) is 11.5. The Bertz CT molecular complexity index is 321. The van der Waals surface area contributed by atoms with E-state index >= 15 is 0 Å². The number of unbranched alkanes of at least 4 members (excludes halogenated alkanes) is 3. The molecule has 0 saturated heterocycles. The average Bonchev–Trinajstić information content (AvgIpc) is 2.41. The lowest BCUT2D eigenvalue weighted by Crippen LogP contribution is -2.23. The topological polar surface area (TPSA) is 29.1 Å². The smallest absolute Gasteiger partial charge is 0.219 e. The number of nitrogens with one attached hydrogen (secondary N) is 1. The van der Waals surface area contributed by atoms with E-state index in [9.17, 15) is 4.79 Å². The molecule has 100 valence electrons. The van der Waals surface area contributed by atoms with Gasteiger partial charge in [-0.05, 0) is 31.2 Å². The van der Waals surface area contributed by atoms with Gasteiger partial charge in [-0.2, -0.15) is 0 Å². The fraction of sp³-hybridized carbons (Fsp3) is 0.562. The van der Waals surface area contributed by atoms with E-state index < -0.39 is 0 Å². The van der Waals surface area contributed by atoms with Crippen LogP contribution in [0, 0.1) is 0 Å². The van der Waals surface area contributed by atoms with Crippen LogP contribution in [0.15, 0.2) is 30.3 Å². The van der Waals surface area contributed by atoms with E-state index in [2.05, 4.69) is 36.5 Å². The minimum absolute atomic E-state index is 0.208. The highest BCUT2D eigenvalue weighted by Gasteiger charge is 2.00. The largest absolute Gasteiger partial charge is 0.356 e. The van der Waals surface area contributed by atoms with E-state index in [0.29, 0.717) is 6.42 Å². The Labute approximate surface area is 111 Å². The number of carbonyl (C=O) groups excluding carboxylic acids is 1. The molecule has 0 fully saturated rings. The van der Waals surface area contributed by atoms with Crippen LogP contribution in [0.3, 0.4) is 0 Å². The van der Waals surface area contributed by atoms with E-state index in [4.69, 9.17) is 0 Å². The fourth-order valence-corrected chi connectivity index (χ4v) is 1.95. The molecule has 0 aliphatic carbocycles. The third-order valence-corrected chi connectivity index (χ3v) is 3.06. The van der Waals surface area contributed by atoms with Crippen molar-refractivity contribution in [1.29, 1.82) is 0 Å². The number of hydrogen-bond acceptors (Lipinski definition) is 1. The predicted molar refractivity (Wildman–Crippen MR) is 76.5 cm³/mol. The third-order valence-electron chi connectivity index (χ3n) is 3.06. The van der Waals surface area contributed by atoms with Gasteiger partial charge in [0, 0.05) is 13.0 Å². The molecule has 0 radical (unpaired) electrons. The van der Waals surface area contributed by atoms with Gasteiger partial charge in [-0.1, -0.05) is 50.1 Å². The van der Waals surface area contributed by atoms with Gasteiger partial charge in [0.15, 0.2) is 0 Å². The van der Waals surface area contributed by atoms with Gasteiger partial charge in [-0.3, -0.25) is 4.79 Å². The van der Waals surface area contributed by atoms with Gasteiger partial charge in [0.1, 0.15) is 0 Å². The van der Waals surface area contributed by atoms with Crippen molar-refractivity contribution in [2.45, 2.75) is 51.9 Å². The molecular weight excluding hydrogens is 222 g/mol. The second kappa shape index (κ2) is 9.69. The van der Waals surface area contributed by atoms with Gasteiger partial charge in [0.2, 0.25) is 5.91 Å². The first-order valence-electron chi connectivity index (χ1n) is 7.13. The second-order valence-corrected chi connectivity index (χ2v) is 4.75. The molecule has 1 aromatic carbocycles. The molecule has 0 aromatic heterocycles. The van der Waals surface area contributed by atoms with Crippen molar-refractivity contribution in [3.63, 3.8) is 0 Å². The van der Waals surface area contributed by atoms with Crippen LogP contribution < -0.4 is 5.32 Å². The highest BCUT2D eigenvalue weighted by Crippen LogP contribution is 2.06. The minimum atomic E-state index is 0.208. The highest BCUT2D eigenvalue weighted by atomic mass is 16.1. The van der Waals surface area contributed by atoms with E-state index in [1.54, 1.807) is 0 Å². The van der Waals surface area contributed by atoms with E-state index in [1.807, 2.05) is 6.07 Å². The van der Waals surface area contributed by atoms with Gasteiger partial charge in [-0.15, -0.1) is 0 Å². The molecule has 1 rings (SSSR count). The number of carbonyl (C=O) groups is 1. The van der Waals surface area contributed by atoms with Crippen LogP contribution in [0.2, 0.25) is 0 Å². The summed E-state index contributed by atoms with van der Waals surface area (Å²) in [6, 6.07) is 10.5. The number of rotatable bonds is 9. The molecule has 2 nitrogen and oxygen atoms in total. The molecule has 1 aromatic rings. The Kier molecular flexibility index (Phi) is 7.94. The number of amides is 1. The zero-order valence-electron chi connectivity index (χ0n) is 11.5. The van der Waals surface area contributed by atoms with E-state index in [1.165, 1.54) is 18.4 Å². The van der Waals surface area contributed by atoms with Crippen LogP contribution in [0.5, 0.6) is 0 Å². The van der Waals surface area contributed by atoms with Gasteiger partial charge < -0.3 is 5.32 Å². The molecule has 0 aliphatic heterocycles. The molecule has 0 unspecified atom stereocenters.